The van der Waals surface area contributed by atoms with Crippen LogP contribution < -0.4 is 5.32 Å². The minimum absolute atomic E-state index is 0.159. The van der Waals surface area contributed by atoms with Gasteiger partial charge < -0.3 is 15.3 Å². The third kappa shape index (κ3) is 4.49. The summed E-state index contributed by atoms with van der Waals surface area (Å²) in [6.07, 6.45) is 4.18. The minimum Gasteiger partial charge on any atom is -0.389 e. The predicted octanol–water partition coefficient (Wildman–Crippen LogP) is 0.749. The summed E-state index contributed by atoms with van der Waals surface area (Å²) in [5.41, 5.74) is -0.706. The number of nitrogens with zero attached hydrogens (tertiary/aromatic N) is 1. The largest absolute Gasteiger partial charge is 0.389 e. The number of carbonyl (C=O) groups is 1. The molecule has 1 amide bonds. The summed E-state index contributed by atoms with van der Waals surface area (Å²) in [7, 11) is 0. The van der Waals surface area contributed by atoms with E-state index in [1.54, 1.807) is 6.92 Å². The highest BCUT2D eigenvalue weighted by atomic mass is 16.3. The summed E-state index contributed by atoms with van der Waals surface area (Å²) in [5, 5.41) is 12.8. The zero-order valence-electron chi connectivity index (χ0n) is 10.5. The predicted molar refractivity (Wildman–Crippen MR) is 64.2 cm³/mol. The molecule has 0 aromatic rings. The molecule has 1 fully saturated rings. The van der Waals surface area contributed by atoms with Gasteiger partial charge in [-0.15, -0.1) is 0 Å². The molecule has 1 aliphatic rings. The van der Waals surface area contributed by atoms with E-state index >= 15 is 0 Å². The van der Waals surface area contributed by atoms with Crippen molar-refractivity contribution in [2.24, 2.45) is 0 Å². The van der Waals surface area contributed by atoms with Crippen LogP contribution in [-0.2, 0) is 4.79 Å². The van der Waals surface area contributed by atoms with E-state index < -0.39 is 5.60 Å². The summed E-state index contributed by atoms with van der Waals surface area (Å²) in [6, 6.07) is 0. The highest BCUT2D eigenvalue weighted by Crippen LogP contribution is 2.09. The quantitative estimate of drug-likeness (QED) is 0.730. The summed E-state index contributed by atoms with van der Waals surface area (Å²) in [4.78, 5) is 13.7. The summed E-state index contributed by atoms with van der Waals surface area (Å²) < 4.78 is 0. The van der Waals surface area contributed by atoms with Crippen molar-refractivity contribution in [2.75, 3.05) is 26.2 Å². The fraction of sp³-hybridized carbons (Fsp3) is 0.917. The van der Waals surface area contributed by atoms with Crippen molar-refractivity contribution >= 4 is 5.91 Å². The molecule has 16 heavy (non-hydrogen) atoms. The number of aliphatic hydroxyl groups is 1. The van der Waals surface area contributed by atoms with Gasteiger partial charge >= 0.3 is 0 Å². The smallest absolute Gasteiger partial charge is 0.236 e. The van der Waals surface area contributed by atoms with E-state index in [2.05, 4.69) is 5.32 Å². The van der Waals surface area contributed by atoms with E-state index in [4.69, 9.17) is 0 Å². The monoisotopic (exact) mass is 228 g/mol. The van der Waals surface area contributed by atoms with E-state index in [0.29, 0.717) is 19.5 Å². The Balaban J connectivity index is 2.19. The first kappa shape index (κ1) is 13.5. The van der Waals surface area contributed by atoms with Crippen LogP contribution in [-0.4, -0.2) is 47.7 Å². The number of carbonyl (C=O) groups excluding carboxylic acids is 1. The summed E-state index contributed by atoms with van der Waals surface area (Å²) in [5.74, 6) is 0.159. The Kier molecular flexibility index (Phi) is 5.22. The molecule has 1 heterocycles. The first-order valence-corrected chi connectivity index (χ1v) is 6.26. The molecule has 0 radical (unpaired) electrons. The van der Waals surface area contributed by atoms with Gasteiger partial charge in [0.15, 0.2) is 0 Å². The molecule has 0 spiro atoms. The second kappa shape index (κ2) is 6.21. The minimum atomic E-state index is -0.706. The average Bonchev–Trinajstić information content (AvgIpc) is 2.30. The van der Waals surface area contributed by atoms with Crippen molar-refractivity contribution < 1.29 is 9.90 Å². The van der Waals surface area contributed by atoms with E-state index in [9.17, 15) is 9.90 Å². The van der Waals surface area contributed by atoms with Gasteiger partial charge in [-0.3, -0.25) is 4.79 Å². The van der Waals surface area contributed by atoms with Gasteiger partial charge in [-0.2, -0.15) is 0 Å². The highest BCUT2D eigenvalue weighted by molar-refractivity contribution is 5.78. The van der Waals surface area contributed by atoms with E-state index in [1.165, 1.54) is 6.42 Å². The second-order valence-electron chi connectivity index (χ2n) is 4.90. The standard InChI is InChI=1S/C12H24N2O2/c1-3-12(2,16)10-13-9-11(15)14-7-5-4-6-8-14/h13,16H,3-10H2,1-2H3. The maximum Gasteiger partial charge on any atom is 0.236 e. The van der Waals surface area contributed by atoms with Crippen LogP contribution in [0, 0.1) is 0 Å². The summed E-state index contributed by atoms with van der Waals surface area (Å²) in [6.45, 7) is 6.33. The van der Waals surface area contributed by atoms with Crippen molar-refractivity contribution in [2.45, 2.75) is 45.1 Å². The molecular weight excluding hydrogens is 204 g/mol. The third-order valence-corrected chi connectivity index (χ3v) is 3.25. The number of hydrogen-bond acceptors (Lipinski definition) is 3. The van der Waals surface area contributed by atoms with Crippen molar-refractivity contribution in [3.8, 4) is 0 Å². The third-order valence-electron chi connectivity index (χ3n) is 3.25. The van der Waals surface area contributed by atoms with Crippen LogP contribution in [0.25, 0.3) is 0 Å². The molecule has 4 nitrogen and oxygen atoms in total. The Bertz CT molecular complexity index is 223. The molecule has 94 valence electrons. The average molecular weight is 228 g/mol. The Hall–Kier alpha value is -0.610. The van der Waals surface area contributed by atoms with Crippen molar-refractivity contribution in [1.82, 2.24) is 10.2 Å². The molecule has 1 aliphatic heterocycles. The first-order chi connectivity index (χ1) is 7.55. The number of hydrogen-bond donors (Lipinski definition) is 2. The lowest BCUT2D eigenvalue weighted by atomic mass is 10.0. The van der Waals surface area contributed by atoms with E-state index in [-0.39, 0.29) is 5.91 Å². The van der Waals surface area contributed by atoms with Crippen molar-refractivity contribution in [3.63, 3.8) is 0 Å². The molecular formula is C12H24N2O2. The Morgan fingerprint density at radius 1 is 1.38 bits per heavy atom. The van der Waals surface area contributed by atoms with Crippen LogP contribution in [0.15, 0.2) is 0 Å². The van der Waals surface area contributed by atoms with Gasteiger partial charge in [0.1, 0.15) is 0 Å². The Morgan fingerprint density at radius 3 is 2.56 bits per heavy atom. The zero-order chi connectivity index (χ0) is 12.0. The zero-order valence-corrected chi connectivity index (χ0v) is 10.5. The Morgan fingerprint density at radius 2 is 2.00 bits per heavy atom. The van der Waals surface area contributed by atoms with Crippen LogP contribution in [0.2, 0.25) is 0 Å². The van der Waals surface area contributed by atoms with Gasteiger partial charge in [-0.05, 0) is 32.6 Å². The van der Waals surface area contributed by atoms with Crippen molar-refractivity contribution in [3.05, 3.63) is 0 Å². The first-order valence-electron chi connectivity index (χ1n) is 6.26. The fourth-order valence-corrected chi connectivity index (χ4v) is 1.82. The number of piperidine rings is 1. The maximum absolute atomic E-state index is 11.8. The molecule has 0 aromatic heterocycles. The van der Waals surface area contributed by atoms with Crippen LogP contribution >= 0.6 is 0 Å². The van der Waals surface area contributed by atoms with Gasteiger partial charge in [0, 0.05) is 19.6 Å². The fourth-order valence-electron chi connectivity index (χ4n) is 1.82. The number of nitrogens with one attached hydrogen (secondary N) is 1. The topological polar surface area (TPSA) is 52.6 Å². The molecule has 0 saturated carbocycles. The number of rotatable bonds is 5. The van der Waals surface area contributed by atoms with Gasteiger partial charge in [0.2, 0.25) is 5.91 Å². The second-order valence-corrected chi connectivity index (χ2v) is 4.90. The van der Waals surface area contributed by atoms with Gasteiger partial charge in [0.05, 0.1) is 12.1 Å². The lowest BCUT2D eigenvalue weighted by Gasteiger charge is -2.28. The lowest BCUT2D eigenvalue weighted by Crippen LogP contribution is -2.45. The lowest BCUT2D eigenvalue weighted by molar-refractivity contribution is -0.131. The molecule has 1 unspecified atom stereocenters. The summed E-state index contributed by atoms with van der Waals surface area (Å²) >= 11 is 0. The SMILES string of the molecule is CCC(C)(O)CNCC(=O)N1CCCCC1. The normalized spacial score (nSPS) is 20.6. The molecule has 0 aromatic carbocycles. The molecule has 0 aliphatic carbocycles. The van der Waals surface area contributed by atoms with Crippen LogP contribution in [0.5, 0.6) is 0 Å². The molecule has 2 N–H and O–H groups in total. The van der Waals surface area contributed by atoms with Crippen molar-refractivity contribution in [1.29, 1.82) is 0 Å². The van der Waals surface area contributed by atoms with Crippen LogP contribution in [0.3, 0.4) is 0 Å². The number of amides is 1. The van der Waals surface area contributed by atoms with Gasteiger partial charge in [-0.25, -0.2) is 0 Å². The van der Waals surface area contributed by atoms with Gasteiger partial charge in [-0.1, -0.05) is 6.92 Å². The van der Waals surface area contributed by atoms with Gasteiger partial charge in [0.25, 0.3) is 0 Å². The maximum atomic E-state index is 11.8. The molecule has 0 bridgehead atoms. The van der Waals surface area contributed by atoms with E-state index in [0.717, 1.165) is 25.9 Å². The molecule has 1 saturated heterocycles. The molecule has 1 atom stereocenters. The molecule has 4 heteroatoms. The number of likely N-dealkylation sites (tertiary alicyclic amines) is 1. The van der Waals surface area contributed by atoms with Crippen LogP contribution in [0.1, 0.15) is 39.5 Å². The highest BCUT2D eigenvalue weighted by Gasteiger charge is 2.19. The molecule has 1 rings (SSSR count). The van der Waals surface area contributed by atoms with Crippen LogP contribution in [0.4, 0.5) is 0 Å². The van der Waals surface area contributed by atoms with E-state index in [1.807, 2.05) is 11.8 Å². The Labute approximate surface area is 98.0 Å².